The van der Waals surface area contributed by atoms with Crippen LogP contribution in [0, 0.1) is 5.53 Å². The van der Waals surface area contributed by atoms with E-state index in [1.165, 1.54) is 0 Å². The van der Waals surface area contributed by atoms with Crippen molar-refractivity contribution in [1.82, 2.24) is 9.90 Å². The fourth-order valence-electron chi connectivity index (χ4n) is 3.65. The highest BCUT2D eigenvalue weighted by Crippen LogP contribution is 2.37. The first-order chi connectivity index (χ1) is 17.4. The Kier molecular flexibility index (Phi) is 6.98. The second-order valence-corrected chi connectivity index (χ2v) is 7.78. The van der Waals surface area contributed by atoms with Gasteiger partial charge in [-0.3, -0.25) is 10.1 Å². The first-order valence-electron chi connectivity index (χ1n) is 11.1. The molecule has 0 bridgehead atoms. The summed E-state index contributed by atoms with van der Waals surface area (Å²) in [5.41, 5.74) is 17.0. The van der Waals surface area contributed by atoms with Gasteiger partial charge in [0.15, 0.2) is 16.6 Å². The zero-order valence-corrected chi connectivity index (χ0v) is 19.6. The summed E-state index contributed by atoms with van der Waals surface area (Å²) in [4.78, 5) is 36.3. The highest BCUT2D eigenvalue weighted by molar-refractivity contribution is 6.11. The molecule has 182 valence electrons. The zero-order chi connectivity index (χ0) is 25.7. The van der Waals surface area contributed by atoms with Crippen LogP contribution in [0.15, 0.2) is 64.7 Å². The van der Waals surface area contributed by atoms with E-state index >= 15 is 0 Å². The minimum atomic E-state index is -0.620. The molecule has 1 aromatic heterocycles. The SMILES string of the molecule is CCOC(=O)Nc1cc2c(c(N)n1)N=C(c1cccc(NC(=O)c3ccc(N=[N+]=N)cc3)c1)C(C)N2. The van der Waals surface area contributed by atoms with E-state index in [2.05, 4.69) is 31.0 Å². The molecule has 0 saturated heterocycles. The lowest BCUT2D eigenvalue weighted by Crippen LogP contribution is -2.30. The van der Waals surface area contributed by atoms with Crippen LogP contribution in [0.5, 0.6) is 0 Å². The van der Waals surface area contributed by atoms with E-state index in [0.29, 0.717) is 34.0 Å². The average Bonchev–Trinajstić information content (AvgIpc) is 2.84. The number of anilines is 4. The Morgan fingerprint density at radius 1 is 1.19 bits per heavy atom. The van der Waals surface area contributed by atoms with E-state index in [0.717, 1.165) is 5.56 Å². The van der Waals surface area contributed by atoms with Crippen LogP contribution in [0.4, 0.5) is 39.2 Å². The molecular weight excluding hydrogens is 462 g/mol. The number of nitrogens with zero attached hydrogens (tertiary/aromatic N) is 4. The first-order valence-corrected chi connectivity index (χ1v) is 11.1. The molecule has 0 aliphatic carbocycles. The number of pyridine rings is 1. The molecule has 36 heavy (non-hydrogen) atoms. The van der Waals surface area contributed by atoms with E-state index in [1.54, 1.807) is 43.3 Å². The lowest BCUT2D eigenvalue weighted by atomic mass is 10.0. The molecule has 1 unspecified atom stereocenters. The maximum absolute atomic E-state index is 12.7. The number of rotatable bonds is 6. The van der Waals surface area contributed by atoms with Crippen molar-refractivity contribution in [1.29, 1.82) is 5.53 Å². The van der Waals surface area contributed by atoms with Crippen LogP contribution in [0.2, 0.25) is 0 Å². The lowest BCUT2D eigenvalue weighted by molar-refractivity contribution is 0.102. The number of carbonyl (C=O) groups is 2. The molecule has 3 aromatic rings. The molecule has 0 spiro atoms. The molecule has 1 aliphatic heterocycles. The Morgan fingerprint density at radius 2 is 1.97 bits per heavy atom. The number of ether oxygens (including phenoxy) is 1. The number of amides is 2. The minimum Gasteiger partial charge on any atom is -0.450 e. The van der Waals surface area contributed by atoms with Crippen molar-refractivity contribution >= 4 is 52.1 Å². The second-order valence-electron chi connectivity index (χ2n) is 7.78. The molecule has 0 fully saturated rings. The molecule has 1 aliphatic rings. The Morgan fingerprint density at radius 3 is 2.69 bits per heavy atom. The van der Waals surface area contributed by atoms with Crippen LogP contribution in [0.25, 0.3) is 0 Å². The number of aromatic nitrogens is 1. The van der Waals surface area contributed by atoms with E-state index in [1.807, 2.05) is 25.1 Å². The van der Waals surface area contributed by atoms with Crippen molar-refractivity contribution < 1.29 is 14.3 Å². The molecule has 0 saturated carbocycles. The molecule has 4 rings (SSSR count). The molecule has 2 aromatic carbocycles. The van der Waals surface area contributed by atoms with Gasteiger partial charge in [0.1, 0.15) is 17.0 Å². The number of hydrogen-bond acceptors (Lipinski definition) is 9. The number of hydrogen-bond donors (Lipinski definition) is 5. The molecule has 1 atom stereocenters. The topological polar surface area (TPSA) is 181 Å². The van der Waals surface area contributed by atoms with Gasteiger partial charge in [-0.25, -0.2) is 14.8 Å². The van der Waals surface area contributed by atoms with Crippen molar-refractivity contribution in [3.8, 4) is 0 Å². The monoisotopic (exact) mass is 486 g/mol. The fraction of sp³-hybridized carbons (Fsp3) is 0.167. The Balaban J connectivity index is 1.56. The van der Waals surface area contributed by atoms with Gasteiger partial charge in [0.25, 0.3) is 5.91 Å². The van der Waals surface area contributed by atoms with Gasteiger partial charge in [0.2, 0.25) is 4.91 Å². The number of carbonyl (C=O) groups excluding carboxylic acids is 2. The van der Waals surface area contributed by atoms with Gasteiger partial charge < -0.3 is 21.1 Å². The van der Waals surface area contributed by atoms with Crippen LogP contribution in [0.3, 0.4) is 0 Å². The van der Waals surface area contributed by atoms with Gasteiger partial charge >= 0.3 is 6.09 Å². The summed E-state index contributed by atoms with van der Waals surface area (Å²) in [5.74, 6) is 0.108. The average molecular weight is 487 g/mol. The Labute approximate surface area is 206 Å². The van der Waals surface area contributed by atoms with Gasteiger partial charge in [0, 0.05) is 22.9 Å². The molecule has 6 N–H and O–H groups in total. The number of fused-ring (bicyclic) bond motifs is 1. The highest BCUT2D eigenvalue weighted by Gasteiger charge is 2.24. The third-order valence-electron chi connectivity index (χ3n) is 5.25. The largest absolute Gasteiger partial charge is 0.450 e. The quantitative estimate of drug-likeness (QED) is 0.251. The van der Waals surface area contributed by atoms with E-state index < -0.39 is 6.09 Å². The van der Waals surface area contributed by atoms with E-state index in [-0.39, 0.29) is 30.2 Å². The molecule has 12 nitrogen and oxygen atoms in total. The van der Waals surface area contributed by atoms with Crippen molar-refractivity contribution in [3.05, 3.63) is 65.7 Å². The molecule has 2 heterocycles. The summed E-state index contributed by atoms with van der Waals surface area (Å²) < 4.78 is 4.88. The van der Waals surface area contributed by atoms with Crippen LogP contribution >= 0.6 is 0 Å². The van der Waals surface area contributed by atoms with E-state index in [9.17, 15) is 9.59 Å². The fourth-order valence-corrected chi connectivity index (χ4v) is 3.65. The number of nitrogens with two attached hydrogens (primary N) is 1. The van der Waals surface area contributed by atoms with Crippen molar-refractivity contribution in [2.24, 2.45) is 10.1 Å². The van der Waals surface area contributed by atoms with Gasteiger partial charge in [0.05, 0.1) is 24.0 Å². The van der Waals surface area contributed by atoms with Crippen LogP contribution in [-0.2, 0) is 4.74 Å². The van der Waals surface area contributed by atoms with Crippen LogP contribution < -0.4 is 26.6 Å². The Hall–Kier alpha value is -5.09. The first kappa shape index (κ1) is 24.0. The highest BCUT2D eigenvalue weighted by atomic mass is 16.5. The molecule has 0 radical (unpaired) electrons. The second kappa shape index (κ2) is 10.5. The van der Waals surface area contributed by atoms with Crippen LogP contribution in [-0.4, -0.2) is 35.3 Å². The molecular formula is C24H24N9O3+. The van der Waals surface area contributed by atoms with E-state index in [4.69, 9.17) is 21.0 Å². The van der Waals surface area contributed by atoms with Crippen molar-refractivity contribution in [2.45, 2.75) is 19.9 Å². The van der Waals surface area contributed by atoms with Crippen molar-refractivity contribution in [3.63, 3.8) is 0 Å². The molecule has 12 heteroatoms. The van der Waals surface area contributed by atoms with Gasteiger partial charge in [-0.15, -0.1) is 0 Å². The normalized spacial score (nSPS) is 13.8. The number of nitrogen functional groups attached to an aromatic ring is 1. The maximum Gasteiger partial charge on any atom is 0.412 e. The summed E-state index contributed by atoms with van der Waals surface area (Å²) in [6.45, 7) is 3.89. The summed E-state index contributed by atoms with van der Waals surface area (Å²) >= 11 is 0. The Bertz CT molecular complexity index is 1400. The molecule has 2 amide bonds. The number of nitrogens with one attached hydrogen (secondary N) is 4. The van der Waals surface area contributed by atoms with Crippen LogP contribution in [0.1, 0.15) is 29.8 Å². The van der Waals surface area contributed by atoms with Gasteiger partial charge in [-0.1, -0.05) is 12.1 Å². The summed E-state index contributed by atoms with van der Waals surface area (Å²) in [7, 11) is 0. The standard InChI is InChI=1S/C24H23N9O3/c1-3-36-24(35)30-19-12-18-21(22(25)29-19)31-20(13(2)27-18)15-5-4-6-17(11-15)28-23(34)14-7-9-16(10-8-14)32-33-26/h4-13,26H,3H2,1-2H3,(H4-,25,27,28,29,30,34,35)/p+1. The van der Waals surface area contributed by atoms with Gasteiger partial charge in [-0.2, -0.15) is 0 Å². The third kappa shape index (κ3) is 5.34. The summed E-state index contributed by atoms with van der Waals surface area (Å²) in [5, 5.41) is 12.4. The smallest absolute Gasteiger partial charge is 0.412 e. The predicted molar refractivity (Wildman–Crippen MR) is 136 cm³/mol. The number of aliphatic imine (C=N–C) groups is 1. The predicted octanol–water partition coefficient (Wildman–Crippen LogP) is 4.60. The number of benzene rings is 2. The lowest BCUT2D eigenvalue weighted by Gasteiger charge is -2.25. The third-order valence-corrected chi connectivity index (χ3v) is 5.25. The summed E-state index contributed by atoms with van der Waals surface area (Å²) in [6.07, 6.45) is -0.620. The van der Waals surface area contributed by atoms with Crippen molar-refractivity contribution in [2.75, 3.05) is 28.3 Å². The maximum atomic E-state index is 12.7. The summed E-state index contributed by atoms with van der Waals surface area (Å²) in [6, 6.07) is 15.2. The zero-order valence-electron chi connectivity index (χ0n) is 19.6. The van der Waals surface area contributed by atoms with Gasteiger partial charge in [-0.05, 0) is 50.2 Å². The minimum absolute atomic E-state index is 0.147.